The Morgan fingerprint density at radius 3 is 2.61 bits per heavy atom. The third-order valence-electron chi connectivity index (χ3n) is 4.00. The van der Waals surface area contributed by atoms with E-state index in [9.17, 15) is 14.4 Å². The van der Waals surface area contributed by atoms with E-state index in [0.717, 1.165) is 16.3 Å². The van der Waals surface area contributed by atoms with E-state index in [1.807, 2.05) is 30.3 Å². The molecule has 0 saturated heterocycles. The fourth-order valence-corrected chi connectivity index (χ4v) is 2.69. The normalized spacial score (nSPS) is 10.3. The molecule has 2 amide bonds. The van der Waals surface area contributed by atoms with Gasteiger partial charge in [-0.3, -0.25) is 14.4 Å². The van der Waals surface area contributed by atoms with Crippen molar-refractivity contribution < 1.29 is 19.5 Å². The second-order valence-electron chi connectivity index (χ2n) is 5.92. The molecule has 1 aromatic heterocycles. The Labute approximate surface area is 160 Å². The van der Waals surface area contributed by atoms with Crippen molar-refractivity contribution in [2.24, 2.45) is 0 Å². The van der Waals surface area contributed by atoms with Gasteiger partial charge in [0.25, 0.3) is 5.91 Å². The molecule has 3 rings (SSSR count). The molecule has 7 nitrogen and oxygen atoms in total. The van der Waals surface area contributed by atoms with Gasteiger partial charge < -0.3 is 15.7 Å². The molecule has 0 saturated carbocycles. The first kappa shape index (κ1) is 18.8. The third-order valence-corrected chi connectivity index (χ3v) is 4.00. The number of fused-ring (bicyclic) bond motifs is 1. The fraction of sp³-hybridized carbons (Fsp3) is 0.0476. The van der Waals surface area contributed by atoms with Crippen molar-refractivity contribution in [3.8, 4) is 11.3 Å². The maximum atomic E-state index is 12.1. The molecule has 7 heteroatoms. The molecule has 0 atom stereocenters. The number of carbonyl (C=O) groups is 3. The van der Waals surface area contributed by atoms with Gasteiger partial charge in [-0.05, 0) is 35.7 Å². The molecule has 0 unspecified atom stereocenters. The Bertz CT molecular complexity index is 1090. The van der Waals surface area contributed by atoms with Gasteiger partial charge in [-0.25, -0.2) is 4.98 Å². The standard InChI is InChI=1S/C21H17N3O4/c1-2-19(25)24-17-7-3-5-13-9-10-14(11-15(13)17)16-6-4-8-18(23-16)21(28)22-12-20(26)27/h2-11H,1,12H2,(H,22,28)(H,24,25)(H,26,27). The molecule has 0 bridgehead atoms. The molecule has 0 aliphatic heterocycles. The predicted molar refractivity (Wildman–Crippen MR) is 106 cm³/mol. The fourth-order valence-electron chi connectivity index (χ4n) is 2.69. The maximum Gasteiger partial charge on any atom is 0.322 e. The number of aromatic nitrogens is 1. The summed E-state index contributed by atoms with van der Waals surface area (Å²) in [6, 6.07) is 16.1. The average molecular weight is 375 g/mol. The molecule has 2 aromatic carbocycles. The predicted octanol–water partition coefficient (Wildman–Crippen LogP) is 2.84. The van der Waals surface area contributed by atoms with Crippen LogP contribution in [0.15, 0.2) is 67.3 Å². The van der Waals surface area contributed by atoms with Crippen molar-refractivity contribution in [3.63, 3.8) is 0 Å². The first-order valence-electron chi connectivity index (χ1n) is 8.41. The lowest BCUT2D eigenvalue weighted by molar-refractivity contribution is -0.135. The average Bonchev–Trinajstić information content (AvgIpc) is 2.71. The number of hydrogen-bond acceptors (Lipinski definition) is 4. The van der Waals surface area contributed by atoms with E-state index >= 15 is 0 Å². The summed E-state index contributed by atoms with van der Waals surface area (Å²) in [5, 5.41) is 15.5. The maximum absolute atomic E-state index is 12.1. The van der Waals surface area contributed by atoms with Gasteiger partial charge in [0.1, 0.15) is 12.2 Å². The second kappa shape index (κ2) is 8.13. The highest BCUT2D eigenvalue weighted by atomic mass is 16.4. The number of nitrogens with one attached hydrogen (secondary N) is 2. The molecule has 0 aliphatic rings. The van der Waals surface area contributed by atoms with Crippen molar-refractivity contribution >= 4 is 34.2 Å². The second-order valence-corrected chi connectivity index (χ2v) is 5.92. The summed E-state index contributed by atoms with van der Waals surface area (Å²) in [6.45, 7) is 2.98. The Kier molecular flexibility index (Phi) is 5.45. The molecule has 0 radical (unpaired) electrons. The quantitative estimate of drug-likeness (QED) is 0.574. The van der Waals surface area contributed by atoms with Crippen molar-refractivity contribution in [3.05, 3.63) is 72.9 Å². The van der Waals surface area contributed by atoms with Gasteiger partial charge in [0.05, 0.1) is 5.69 Å². The van der Waals surface area contributed by atoms with E-state index in [4.69, 9.17) is 5.11 Å². The van der Waals surface area contributed by atoms with Crippen LogP contribution < -0.4 is 10.6 Å². The van der Waals surface area contributed by atoms with Gasteiger partial charge in [-0.15, -0.1) is 0 Å². The number of hydrogen-bond donors (Lipinski definition) is 3. The highest BCUT2D eigenvalue weighted by Gasteiger charge is 2.11. The molecular formula is C21H17N3O4. The van der Waals surface area contributed by atoms with Crippen LogP contribution in [0.2, 0.25) is 0 Å². The number of carboxylic acid groups (broad SMARTS) is 1. The van der Waals surface area contributed by atoms with Crippen LogP contribution >= 0.6 is 0 Å². The lowest BCUT2D eigenvalue weighted by atomic mass is 10.0. The van der Waals surface area contributed by atoms with E-state index in [1.165, 1.54) is 12.1 Å². The first-order valence-corrected chi connectivity index (χ1v) is 8.41. The van der Waals surface area contributed by atoms with Crippen LogP contribution in [0.4, 0.5) is 5.69 Å². The lowest BCUT2D eigenvalue weighted by Gasteiger charge is -2.10. The van der Waals surface area contributed by atoms with Crippen LogP contribution in [0.5, 0.6) is 0 Å². The number of carboxylic acids is 1. The Morgan fingerprint density at radius 2 is 1.86 bits per heavy atom. The highest BCUT2D eigenvalue weighted by molar-refractivity contribution is 6.06. The Balaban J connectivity index is 1.97. The van der Waals surface area contributed by atoms with Crippen LogP contribution in [-0.4, -0.2) is 34.4 Å². The summed E-state index contributed by atoms with van der Waals surface area (Å²) in [4.78, 5) is 38.7. The van der Waals surface area contributed by atoms with Crippen molar-refractivity contribution in [2.75, 3.05) is 11.9 Å². The van der Waals surface area contributed by atoms with E-state index in [1.54, 1.807) is 18.2 Å². The number of nitrogens with zero attached hydrogens (tertiary/aromatic N) is 1. The molecule has 3 aromatic rings. The minimum atomic E-state index is -1.13. The largest absolute Gasteiger partial charge is 0.480 e. The zero-order valence-corrected chi connectivity index (χ0v) is 14.8. The molecule has 1 heterocycles. The number of pyridine rings is 1. The summed E-state index contributed by atoms with van der Waals surface area (Å²) >= 11 is 0. The minimum absolute atomic E-state index is 0.118. The van der Waals surface area contributed by atoms with Gasteiger partial charge in [0.15, 0.2) is 0 Å². The van der Waals surface area contributed by atoms with Gasteiger partial charge in [0, 0.05) is 16.6 Å². The summed E-state index contributed by atoms with van der Waals surface area (Å²) in [6.07, 6.45) is 1.20. The first-order chi connectivity index (χ1) is 13.5. The Hall–Kier alpha value is -4.00. The van der Waals surface area contributed by atoms with E-state index in [0.29, 0.717) is 11.4 Å². The molecule has 140 valence electrons. The number of anilines is 1. The molecule has 0 fully saturated rings. The summed E-state index contributed by atoms with van der Waals surface area (Å²) < 4.78 is 0. The smallest absolute Gasteiger partial charge is 0.322 e. The number of amides is 2. The monoisotopic (exact) mass is 375 g/mol. The van der Waals surface area contributed by atoms with Gasteiger partial charge in [-0.1, -0.05) is 36.9 Å². The van der Waals surface area contributed by atoms with Crippen LogP contribution in [0.3, 0.4) is 0 Å². The molecule has 28 heavy (non-hydrogen) atoms. The van der Waals surface area contributed by atoms with Crippen LogP contribution in [0.1, 0.15) is 10.5 Å². The van der Waals surface area contributed by atoms with Crippen molar-refractivity contribution in [1.82, 2.24) is 10.3 Å². The number of rotatable bonds is 6. The van der Waals surface area contributed by atoms with E-state index in [-0.39, 0.29) is 11.6 Å². The molecule has 0 spiro atoms. The number of aliphatic carboxylic acids is 1. The SMILES string of the molecule is C=CC(=O)Nc1cccc2ccc(-c3cccc(C(=O)NCC(=O)O)n3)cc12. The molecule has 0 aliphatic carbocycles. The summed E-state index contributed by atoms with van der Waals surface area (Å²) in [7, 11) is 0. The summed E-state index contributed by atoms with van der Waals surface area (Å²) in [5.74, 6) is -2.01. The van der Waals surface area contributed by atoms with Gasteiger partial charge in [0.2, 0.25) is 5.91 Å². The molecule has 3 N–H and O–H groups in total. The van der Waals surface area contributed by atoms with Gasteiger partial charge in [-0.2, -0.15) is 0 Å². The van der Waals surface area contributed by atoms with Crippen molar-refractivity contribution in [1.29, 1.82) is 0 Å². The van der Waals surface area contributed by atoms with Crippen LogP contribution in [0.25, 0.3) is 22.0 Å². The third kappa shape index (κ3) is 4.21. The zero-order chi connectivity index (χ0) is 20.1. The highest BCUT2D eigenvalue weighted by Crippen LogP contribution is 2.28. The minimum Gasteiger partial charge on any atom is -0.480 e. The van der Waals surface area contributed by atoms with Crippen molar-refractivity contribution in [2.45, 2.75) is 0 Å². The number of benzene rings is 2. The number of carbonyl (C=O) groups excluding carboxylic acids is 2. The summed E-state index contributed by atoms with van der Waals surface area (Å²) in [5.41, 5.74) is 2.06. The van der Waals surface area contributed by atoms with Gasteiger partial charge >= 0.3 is 5.97 Å². The van der Waals surface area contributed by atoms with E-state index in [2.05, 4.69) is 22.2 Å². The molecular weight excluding hydrogens is 358 g/mol. The van der Waals surface area contributed by atoms with Crippen LogP contribution in [0, 0.1) is 0 Å². The van der Waals surface area contributed by atoms with E-state index < -0.39 is 18.4 Å². The zero-order valence-electron chi connectivity index (χ0n) is 14.8. The van der Waals surface area contributed by atoms with Crippen LogP contribution in [-0.2, 0) is 9.59 Å². The lowest BCUT2D eigenvalue weighted by Crippen LogP contribution is -2.29. The Morgan fingerprint density at radius 1 is 1.07 bits per heavy atom. The topological polar surface area (TPSA) is 108 Å².